The van der Waals surface area contributed by atoms with Gasteiger partial charge in [-0.1, -0.05) is 36.4 Å². The number of aromatic nitrogens is 9. The van der Waals surface area contributed by atoms with Gasteiger partial charge in [-0.15, -0.1) is 34.0 Å². The number of aromatic amines is 5. The molecule has 0 atom stereocenters. The standard InChI is InChI=1S/C15H12N2O4S.C14H9FN2O3S.C14H11N3O3.C14H10N2O3S/c1-20-8-3-4-11-9(5-8)10(6-16-11)13(18)14-17-12(7-22-14)15(19)21-2;1-20-14(19)11-6-21-13(17-11)12(18)9-5-16-10-3-2-7(15)4-8(9)10;1-20-14(19)11-7-16-13(17-11)12(18)9-6-15-10-5-3-2-4-8(9)10;1-19-14(18)11-7-16-13(20-11)12(17)9-6-15-10-5-3-2-4-8(9)10/h3-7,16H,1-2H3;2-6,16H,1H3;2-7,15H,1H3,(H,16,17);2-7,15H,1H3. The Balaban J connectivity index is 0.000000133. The van der Waals surface area contributed by atoms with Crippen LogP contribution in [0.3, 0.4) is 0 Å². The first-order chi connectivity index (χ1) is 40.1. The van der Waals surface area contributed by atoms with Gasteiger partial charge in [0.25, 0.3) is 0 Å². The van der Waals surface area contributed by atoms with E-state index >= 15 is 0 Å². The number of thiazole rings is 3. The summed E-state index contributed by atoms with van der Waals surface area (Å²) in [7, 11) is 6.65. The first-order valence-corrected chi connectivity index (χ1v) is 26.7. The van der Waals surface area contributed by atoms with Crippen LogP contribution in [0.15, 0.2) is 133 Å². The number of esters is 4. The van der Waals surface area contributed by atoms with Gasteiger partial charge in [-0.2, -0.15) is 0 Å². The smallest absolute Gasteiger partial charge is 0.357 e. The first-order valence-electron chi connectivity index (χ1n) is 24.1. The summed E-state index contributed by atoms with van der Waals surface area (Å²) in [6.07, 6.45) is 9.07. The molecule has 0 saturated heterocycles. The second-order valence-electron chi connectivity index (χ2n) is 17.0. The Morgan fingerprint density at radius 2 is 0.928 bits per heavy atom. The number of carbonyl (C=O) groups is 8. The molecule has 0 aliphatic rings. The Morgan fingerprint density at radius 3 is 1.45 bits per heavy atom. The second-order valence-corrected chi connectivity index (χ2v) is 19.8. The van der Waals surface area contributed by atoms with Crippen LogP contribution in [0.5, 0.6) is 5.75 Å². The molecule has 12 rings (SSSR count). The van der Waals surface area contributed by atoms with Gasteiger partial charge in [0.1, 0.15) is 22.1 Å². The Labute approximate surface area is 478 Å². The predicted molar refractivity (Wildman–Crippen MR) is 304 cm³/mol. The highest BCUT2D eigenvalue weighted by Crippen LogP contribution is 2.29. The zero-order valence-electron chi connectivity index (χ0n) is 43.9. The molecule has 4 aromatic carbocycles. The van der Waals surface area contributed by atoms with Crippen molar-refractivity contribution in [3.63, 3.8) is 0 Å². The largest absolute Gasteiger partial charge is 0.497 e. The zero-order chi connectivity index (χ0) is 58.9. The summed E-state index contributed by atoms with van der Waals surface area (Å²) in [6.45, 7) is 0. The molecule has 8 heterocycles. The maximum Gasteiger partial charge on any atom is 0.357 e. The summed E-state index contributed by atoms with van der Waals surface area (Å²) in [4.78, 5) is 126. The number of halogens is 1. The number of ether oxygens (including phenoxy) is 5. The average molecular weight is 1180 g/mol. The molecule has 0 fully saturated rings. The van der Waals surface area contributed by atoms with E-state index in [1.807, 2.05) is 60.7 Å². The number of H-pyrrole nitrogens is 5. The van der Waals surface area contributed by atoms with Crippen LogP contribution in [-0.4, -0.2) is 127 Å². The van der Waals surface area contributed by atoms with Gasteiger partial charge < -0.3 is 48.6 Å². The van der Waals surface area contributed by atoms with Crippen molar-refractivity contribution in [1.29, 1.82) is 0 Å². The quantitative estimate of drug-likeness (QED) is 0.0407. The lowest BCUT2D eigenvalue weighted by Crippen LogP contribution is -2.05. The summed E-state index contributed by atoms with van der Waals surface area (Å²) >= 11 is 3.19. The van der Waals surface area contributed by atoms with E-state index in [-0.39, 0.29) is 61.1 Å². The third-order valence-corrected chi connectivity index (χ3v) is 14.8. The van der Waals surface area contributed by atoms with E-state index in [4.69, 9.17) is 4.74 Å². The zero-order valence-corrected chi connectivity index (χ0v) is 46.3. The molecule has 5 N–H and O–H groups in total. The number of imidazole rings is 1. The van der Waals surface area contributed by atoms with Gasteiger partial charge in [-0.25, -0.2) is 43.5 Å². The summed E-state index contributed by atoms with van der Waals surface area (Å²) in [5.41, 5.74) is 5.46. The Kier molecular flexibility index (Phi) is 17.4. The lowest BCUT2D eigenvalue weighted by Gasteiger charge is -2.00. The van der Waals surface area contributed by atoms with E-state index in [9.17, 15) is 42.7 Å². The van der Waals surface area contributed by atoms with Crippen molar-refractivity contribution in [2.45, 2.75) is 0 Å². The van der Waals surface area contributed by atoms with Crippen molar-refractivity contribution in [3.8, 4) is 5.75 Å². The van der Waals surface area contributed by atoms with Crippen molar-refractivity contribution < 1.29 is 66.4 Å². The molecule has 418 valence electrons. The predicted octanol–water partition coefficient (Wildman–Crippen LogP) is 9.98. The number of rotatable bonds is 13. The number of fused-ring (bicyclic) bond motifs is 4. The van der Waals surface area contributed by atoms with Crippen LogP contribution in [-0.2, 0) is 18.9 Å². The van der Waals surface area contributed by atoms with E-state index in [0.29, 0.717) is 43.8 Å². The van der Waals surface area contributed by atoms with Crippen LogP contribution < -0.4 is 4.74 Å². The van der Waals surface area contributed by atoms with Gasteiger partial charge in [0.15, 0.2) is 32.2 Å². The normalized spacial score (nSPS) is 10.7. The number of benzene rings is 4. The molecule has 26 heteroatoms. The average Bonchev–Trinajstić information content (AvgIpc) is 4.59. The van der Waals surface area contributed by atoms with Crippen molar-refractivity contribution in [3.05, 3.63) is 204 Å². The van der Waals surface area contributed by atoms with Gasteiger partial charge >= 0.3 is 23.9 Å². The topological polar surface area (TPSA) is 313 Å². The number of nitrogens with zero attached hydrogens (tertiary/aromatic N) is 4. The molecule has 0 amide bonds. The molecule has 0 bridgehead atoms. The molecular weight excluding hydrogens is 1130 g/mol. The van der Waals surface area contributed by atoms with Gasteiger partial charge in [-0.05, 0) is 48.5 Å². The molecule has 0 saturated carbocycles. The van der Waals surface area contributed by atoms with Crippen LogP contribution in [0.1, 0.15) is 103 Å². The molecule has 0 unspecified atom stereocenters. The summed E-state index contributed by atoms with van der Waals surface area (Å²) in [5.74, 6) is -2.97. The van der Waals surface area contributed by atoms with Gasteiger partial charge in [0, 0.05) is 79.2 Å². The number of para-hydroxylation sites is 2. The number of ketones is 4. The lowest BCUT2D eigenvalue weighted by molar-refractivity contribution is 0.0586. The van der Waals surface area contributed by atoms with Crippen LogP contribution in [0.2, 0.25) is 0 Å². The molecule has 8 aromatic heterocycles. The fraction of sp³-hybridized carbons (Fsp3) is 0.0877. The highest BCUT2D eigenvalue weighted by Gasteiger charge is 2.24. The number of methoxy groups -OCH3 is 5. The van der Waals surface area contributed by atoms with Crippen molar-refractivity contribution >= 4 is 125 Å². The summed E-state index contributed by atoms with van der Waals surface area (Å²) < 4.78 is 36.8. The fourth-order valence-electron chi connectivity index (χ4n) is 8.06. The van der Waals surface area contributed by atoms with E-state index in [1.165, 1.54) is 69.9 Å². The maximum atomic E-state index is 13.3. The van der Waals surface area contributed by atoms with Crippen LogP contribution >= 0.6 is 34.0 Å². The van der Waals surface area contributed by atoms with E-state index < -0.39 is 29.7 Å². The van der Waals surface area contributed by atoms with E-state index in [1.54, 1.807) is 37.8 Å². The van der Waals surface area contributed by atoms with E-state index in [0.717, 1.165) is 66.7 Å². The first kappa shape index (κ1) is 57.1. The molecule has 0 radical (unpaired) electrons. The molecule has 0 aliphatic carbocycles. The van der Waals surface area contributed by atoms with Crippen molar-refractivity contribution in [2.24, 2.45) is 0 Å². The highest BCUT2D eigenvalue weighted by molar-refractivity contribution is 7.15. The van der Waals surface area contributed by atoms with Gasteiger partial charge in [-0.3, -0.25) is 19.2 Å². The van der Waals surface area contributed by atoms with Crippen molar-refractivity contribution in [2.75, 3.05) is 35.5 Å². The van der Waals surface area contributed by atoms with E-state index in [2.05, 4.69) is 63.8 Å². The third-order valence-electron chi connectivity index (χ3n) is 12.2. The summed E-state index contributed by atoms with van der Waals surface area (Å²) in [5, 5.41) is 6.51. The monoisotopic (exact) mass is 1180 g/mol. The maximum absolute atomic E-state index is 13.3. The minimum atomic E-state index is -0.602. The number of nitrogens with one attached hydrogen (secondary N) is 5. The Hall–Kier alpha value is -10.6. The van der Waals surface area contributed by atoms with Crippen molar-refractivity contribution in [1.82, 2.24) is 44.9 Å². The van der Waals surface area contributed by atoms with Gasteiger partial charge in [0.2, 0.25) is 23.1 Å². The van der Waals surface area contributed by atoms with Crippen LogP contribution in [0, 0.1) is 5.82 Å². The fourth-order valence-corrected chi connectivity index (χ4v) is 10.3. The molecule has 83 heavy (non-hydrogen) atoms. The lowest BCUT2D eigenvalue weighted by atomic mass is 10.1. The second kappa shape index (κ2) is 25.3. The Morgan fingerprint density at radius 1 is 0.470 bits per heavy atom. The third kappa shape index (κ3) is 12.3. The van der Waals surface area contributed by atoms with Crippen LogP contribution in [0.4, 0.5) is 4.39 Å². The molecule has 0 spiro atoms. The number of carbonyl (C=O) groups excluding carboxylic acids is 8. The number of hydrogen-bond donors (Lipinski definition) is 5. The molecular formula is C57H42FN9O13S3. The van der Waals surface area contributed by atoms with Gasteiger partial charge in [0.05, 0.1) is 70.2 Å². The minimum absolute atomic E-state index is 0.0804. The Bertz CT molecular complexity index is 4310. The number of hydrogen-bond acceptors (Lipinski definition) is 20. The molecule has 0 aliphatic heterocycles. The molecule has 12 aromatic rings. The van der Waals surface area contributed by atoms with Crippen LogP contribution in [0.25, 0.3) is 43.6 Å². The SMILES string of the molecule is COC(=O)c1cnc(C(=O)c2c[nH]c3ccccc23)[nH]1.COC(=O)c1cnc(C(=O)c2c[nH]c3ccccc23)s1.COC(=O)c1csc(C(=O)c2c[nH]c3ccc(F)cc23)n1.COC(=O)c1csc(C(=O)c2c[nH]c3ccc(OC)cc23)n1. The summed E-state index contributed by atoms with van der Waals surface area (Å²) in [6, 6.07) is 24.6. The highest BCUT2D eigenvalue weighted by atomic mass is 32.1. The minimum Gasteiger partial charge on any atom is -0.497 e. The molecule has 22 nitrogen and oxygen atoms in total.